The van der Waals surface area contributed by atoms with E-state index in [1.54, 1.807) is 12.1 Å². The standard InChI is InChI=1S/C18H16N2O2S/c1-23-16-7-6-12(11-19)10-15(16)20-18(21)17-14-5-3-2-4-13(14)8-9-22-17/h2-7,10,17H,8-9H2,1H3,(H,20,21)/t17-/m0/s1. The Labute approximate surface area is 139 Å². The molecule has 116 valence electrons. The fourth-order valence-corrected chi connectivity index (χ4v) is 3.22. The number of rotatable bonds is 3. The molecule has 1 aliphatic heterocycles. The fraction of sp³-hybridized carbons (Fsp3) is 0.222. The molecular weight excluding hydrogens is 308 g/mol. The Morgan fingerprint density at radius 3 is 2.96 bits per heavy atom. The summed E-state index contributed by atoms with van der Waals surface area (Å²) < 4.78 is 5.68. The van der Waals surface area contributed by atoms with Gasteiger partial charge in [0.25, 0.3) is 5.91 Å². The van der Waals surface area contributed by atoms with Gasteiger partial charge in [0.1, 0.15) is 0 Å². The summed E-state index contributed by atoms with van der Waals surface area (Å²) in [4.78, 5) is 13.6. The van der Waals surface area contributed by atoms with Crippen LogP contribution in [0.3, 0.4) is 0 Å². The summed E-state index contributed by atoms with van der Waals surface area (Å²) in [5.41, 5.74) is 3.23. The van der Waals surface area contributed by atoms with Crippen LogP contribution in [-0.2, 0) is 16.0 Å². The van der Waals surface area contributed by atoms with E-state index in [0.29, 0.717) is 17.9 Å². The number of nitriles is 1. The van der Waals surface area contributed by atoms with Crippen LogP contribution in [0.5, 0.6) is 0 Å². The van der Waals surface area contributed by atoms with Gasteiger partial charge in [-0.3, -0.25) is 4.79 Å². The van der Waals surface area contributed by atoms with Gasteiger partial charge in [-0.2, -0.15) is 5.26 Å². The van der Waals surface area contributed by atoms with Gasteiger partial charge in [-0.1, -0.05) is 24.3 Å². The van der Waals surface area contributed by atoms with Crippen molar-refractivity contribution in [1.82, 2.24) is 0 Å². The molecule has 0 spiro atoms. The van der Waals surface area contributed by atoms with E-state index in [2.05, 4.69) is 11.4 Å². The topological polar surface area (TPSA) is 62.1 Å². The second kappa shape index (κ2) is 6.86. The normalized spacial score (nSPS) is 16.3. The molecule has 0 aromatic heterocycles. The van der Waals surface area contributed by atoms with Gasteiger partial charge in [0, 0.05) is 4.90 Å². The quantitative estimate of drug-likeness (QED) is 0.877. The summed E-state index contributed by atoms with van der Waals surface area (Å²) in [5.74, 6) is -0.206. The van der Waals surface area contributed by atoms with Crippen LogP contribution in [0.15, 0.2) is 47.4 Å². The van der Waals surface area contributed by atoms with Crippen molar-refractivity contribution in [2.24, 2.45) is 0 Å². The number of amides is 1. The third-order valence-corrected chi connectivity index (χ3v) is 4.61. The number of carbonyl (C=O) groups is 1. The molecule has 4 nitrogen and oxygen atoms in total. The number of carbonyl (C=O) groups excluding carboxylic acids is 1. The molecular formula is C18H16N2O2S. The maximum atomic E-state index is 12.7. The molecule has 2 aromatic carbocycles. The predicted octanol–water partition coefficient (Wildman–Crippen LogP) is 3.53. The number of benzene rings is 2. The highest BCUT2D eigenvalue weighted by Gasteiger charge is 2.27. The van der Waals surface area contributed by atoms with Crippen molar-refractivity contribution in [2.75, 3.05) is 18.2 Å². The van der Waals surface area contributed by atoms with E-state index in [9.17, 15) is 4.79 Å². The van der Waals surface area contributed by atoms with Gasteiger partial charge in [-0.15, -0.1) is 11.8 Å². The molecule has 1 heterocycles. The highest BCUT2D eigenvalue weighted by atomic mass is 32.2. The second-order valence-corrected chi connectivity index (χ2v) is 6.06. The number of nitrogens with one attached hydrogen (secondary N) is 1. The number of ether oxygens (including phenoxy) is 1. The maximum Gasteiger partial charge on any atom is 0.258 e. The van der Waals surface area contributed by atoms with Gasteiger partial charge in [-0.25, -0.2) is 0 Å². The largest absolute Gasteiger partial charge is 0.363 e. The van der Waals surface area contributed by atoms with E-state index in [-0.39, 0.29) is 5.91 Å². The second-order valence-electron chi connectivity index (χ2n) is 5.22. The first-order valence-electron chi connectivity index (χ1n) is 7.31. The molecule has 5 heteroatoms. The van der Waals surface area contributed by atoms with Crippen LogP contribution in [0.1, 0.15) is 22.8 Å². The van der Waals surface area contributed by atoms with Crippen LogP contribution in [0, 0.1) is 11.3 Å². The summed E-state index contributed by atoms with van der Waals surface area (Å²) >= 11 is 1.52. The Morgan fingerprint density at radius 1 is 1.35 bits per heavy atom. The monoisotopic (exact) mass is 324 g/mol. The van der Waals surface area contributed by atoms with E-state index in [1.807, 2.05) is 36.6 Å². The van der Waals surface area contributed by atoms with Gasteiger partial charge in [0.15, 0.2) is 6.10 Å². The Bertz CT molecular complexity index is 783. The average Bonchev–Trinajstić information content (AvgIpc) is 2.61. The van der Waals surface area contributed by atoms with Crippen molar-refractivity contribution in [1.29, 1.82) is 5.26 Å². The third-order valence-electron chi connectivity index (χ3n) is 3.82. The van der Waals surface area contributed by atoms with Gasteiger partial charge >= 0.3 is 0 Å². The zero-order valence-electron chi connectivity index (χ0n) is 12.7. The Morgan fingerprint density at radius 2 is 2.17 bits per heavy atom. The van der Waals surface area contributed by atoms with Crippen LogP contribution >= 0.6 is 11.8 Å². The molecule has 3 rings (SSSR count). The smallest absolute Gasteiger partial charge is 0.258 e. The first kappa shape index (κ1) is 15.6. The summed E-state index contributed by atoms with van der Waals surface area (Å²) in [6.45, 7) is 0.530. The lowest BCUT2D eigenvalue weighted by Gasteiger charge is -2.25. The SMILES string of the molecule is CSc1ccc(C#N)cc1NC(=O)[C@H]1OCCc2ccccc21. The van der Waals surface area contributed by atoms with Crippen molar-refractivity contribution < 1.29 is 9.53 Å². The number of anilines is 1. The van der Waals surface area contributed by atoms with Gasteiger partial charge < -0.3 is 10.1 Å². The Hall–Kier alpha value is -2.29. The van der Waals surface area contributed by atoms with Gasteiger partial charge in [0.2, 0.25) is 0 Å². The summed E-state index contributed by atoms with van der Waals surface area (Å²) in [6.07, 6.45) is 2.14. The van der Waals surface area contributed by atoms with Crippen LogP contribution in [0.4, 0.5) is 5.69 Å². The third kappa shape index (κ3) is 3.24. The number of hydrogen-bond donors (Lipinski definition) is 1. The van der Waals surface area contributed by atoms with Crippen LogP contribution in [0.25, 0.3) is 0 Å². The minimum atomic E-state index is -0.611. The van der Waals surface area contributed by atoms with Crippen molar-refractivity contribution in [3.63, 3.8) is 0 Å². The van der Waals surface area contributed by atoms with E-state index < -0.39 is 6.10 Å². The van der Waals surface area contributed by atoms with Gasteiger partial charge in [-0.05, 0) is 42.0 Å². The molecule has 0 bridgehead atoms. The lowest BCUT2D eigenvalue weighted by molar-refractivity contribution is -0.128. The van der Waals surface area contributed by atoms with Crippen molar-refractivity contribution >= 4 is 23.4 Å². The first-order valence-corrected chi connectivity index (χ1v) is 8.54. The molecule has 0 unspecified atom stereocenters. The fourth-order valence-electron chi connectivity index (χ4n) is 2.68. The van der Waals surface area contributed by atoms with Crippen molar-refractivity contribution in [2.45, 2.75) is 17.4 Å². The average molecular weight is 324 g/mol. The number of thioether (sulfide) groups is 1. The number of hydrogen-bond acceptors (Lipinski definition) is 4. The van der Waals surface area contributed by atoms with E-state index in [4.69, 9.17) is 10.00 Å². The minimum Gasteiger partial charge on any atom is -0.363 e. The van der Waals surface area contributed by atoms with Crippen LogP contribution in [-0.4, -0.2) is 18.8 Å². The lowest BCUT2D eigenvalue weighted by Crippen LogP contribution is -2.28. The highest BCUT2D eigenvalue weighted by molar-refractivity contribution is 7.98. The molecule has 0 fully saturated rings. The minimum absolute atomic E-state index is 0.206. The van der Waals surface area contributed by atoms with E-state index in [0.717, 1.165) is 22.4 Å². The molecule has 1 aliphatic rings. The zero-order chi connectivity index (χ0) is 16.2. The highest BCUT2D eigenvalue weighted by Crippen LogP contribution is 2.31. The van der Waals surface area contributed by atoms with Crippen LogP contribution in [0.2, 0.25) is 0 Å². The molecule has 0 saturated heterocycles. The first-order chi connectivity index (χ1) is 11.2. The molecule has 0 aliphatic carbocycles. The molecule has 1 N–H and O–H groups in total. The number of fused-ring (bicyclic) bond motifs is 1. The van der Waals surface area contributed by atoms with Gasteiger partial charge in [0.05, 0.1) is 23.9 Å². The summed E-state index contributed by atoms with van der Waals surface area (Å²) in [7, 11) is 0. The van der Waals surface area contributed by atoms with Crippen molar-refractivity contribution in [3.8, 4) is 6.07 Å². The summed E-state index contributed by atoms with van der Waals surface area (Å²) in [6, 6.07) is 15.2. The Balaban J connectivity index is 1.87. The predicted molar refractivity (Wildman–Crippen MR) is 90.4 cm³/mol. The Kier molecular flexibility index (Phi) is 4.65. The maximum absolute atomic E-state index is 12.7. The molecule has 0 radical (unpaired) electrons. The molecule has 0 saturated carbocycles. The summed E-state index contributed by atoms with van der Waals surface area (Å²) in [5, 5.41) is 12.0. The molecule has 1 amide bonds. The zero-order valence-corrected chi connectivity index (χ0v) is 13.5. The van der Waals surface area contributed by atoms with Crippen LogP contribution < -0.4 is 5.32 Å². The molecule has 1 atom stereocenters. The van der Waals surface area contributed by atoms with Crippen molar-refractivity contribution in [3.05, 3.63) is 59.2 Å². The molecule has 2 aromatic rings. The lowest BCUT2D eigenvalue weighted by atomic mass is 9.97. The van der Waals surface area contributed by atoms with E-state index >= 15 is 0 Å². The number of nitrogens with zero attached hydrogens (tertiary/aromatic N) is 1. The van der Waals surface area contributed by atoms with E-state index in [1.165, 1.54) is 11.8 Å². The molecule has 23 heavy (non-hydrogen) atoms.